The van der Waals surface area contributed by atoms with Gasteiger partial charge in [-0.1, -0.05) is 36.4 Å². The molecule has 3 aromatic rings. The number of carbonyl (C=O) groups excluding carboxylic acids is 3. The van der Waals surface area contributed by atoms with E-state index in [-0.39, 0.29) is 25.2 Å². The number of para-hydroxylation sites is 1. The molecule has 0 unspecified atom stereocenters. The number of carbonyl (C=O) groups is 4. The van der Waals surface area contributed by atoms with Crippen LogP contribution < -0.4 is 30.7 Å². The molecule has 5 amide bonds. The summed E-state index contributed by atoms with van der Waals surface area (Å²) in [6, 6.07) is 17.1. The third-order valence-electron chi connectivity index (χ3n) is 7.30. The van der Waals surface area contributed by atoms with Gasteiger partial charge in [-0.2, -0.15) is 0 Å². The minimum Gasteiger partial charge on any atom is -0.481 e. The van der Waals surface area contributed by atoms with Gasteiger partial charge >= 0.3 is 18.0 Å². The number of anilines is 2. The highest BCUT2D eigenvalue weighted by Crippen LogP contribution is 2.35. The zero-order chi connectivity index (χ0) is 30.3. The van der Waals surface area contributed by atoms with Crippen LogP contribution in [0.3, 0.4) is 0 Å². The quantitative estimate of drug-likeness (QED) is 0.249. The van der Waals surface area contributed by atoms with Gasteiger partial charge < -0.3 is 40.7 Å². The monoisotopic (exact) mass is 587 g/mol. The molecule has 0 radical (unpaired) electrons. The molecule has 5 N–H and O–H groups in total. The Morgan fingerprint density at radius 1 is 0.977 bits per heavy atom. The van der Waals surface area contributed by atoms with E-state index in [0.29, 0.717) is 48.7 Å². The van der Waals surface area contributed by atoms with Gasteiger partial charge in [-0.05, 0) is 66.8 Å². The number of ether oxygens (including phenoxy) is 2. The highest BCUT2D eigenvalue weighted by Gasteiger charge is 2.31. The highest BCUT2D eigenvalue weighted by atomic mass is 16.7. The molecule has 5 rings (SSSR count). The molecule has 1 saturated heterocycles. The predicted molar refractivity (Wildman–Crippen MR) is 158 cm³/mol. The van der Waals surface area contributed by atoms with Crippen molar-refractivity contribution in [1.29, 1.82) is 0 Å². The number of hydrogen-bond acceptors (Lipinski definition) is 6. The third-order valence-corrected chi connectivity index (χ3v) is 7.30. The summed E-state index contributed by atoms with van der Waals surface area (Å²) in [5.41, 5.74) is 3.70. The van der Waals surface area contributed by atoms with Crippen molar-refractivity contribution in [2.45, 2.75) is 44.8 Å². The van der Waals surface area contributed by atoms with Crippen LogP contribution in [0.1, 0.15) is 42.0 Å². The second-order valence-electron chi connectivity index (χ2n) is 10.4. The van der Waals surface area contributed by atoms with Gasteiger partial charge in [0.2, 0.25) is 12.7 Å². The molecule has 0 aromatic heterocycles. The van der Waals surface area contributed by atoms with Gasteiger partial charge in [-0.15, -0.1) is 0 Å². The number of amides is 5. The van der Waals surface area contributed by atoms with Crippen LogP contribution in [0.25, 0.3) is 0 Å². The molecule has 0 bridgehead atoms. The van der Waals surface area contributed by atoms with Crippen LogP contribution in [0.2, 0.25) is 0 Å². The maximum atomic E-state index is 13.2. The van der Waals surface area contributed by atoms with Gasteiger partial charge in [-0.25, -0.2) is 9.59 Å². The summed E-state index contributed by atoms with van der Waals surface area (Å²) in [4.78, 5) is 51.7. The molecule has 0 aliphatic carbocycles. The molecule has 43 heavy (non-hydrogen) atoms. The Hall–Kier alpha value is -5.26. The van der Waals surface area contributed by atoms with Gasteiger partial charge in [0.25, 0.3) is 0 Å². The molecule has 2 heterocycles. The number of piperidine rings is 1. The van der Waals surface area contributed by atoms with Crippen LogP contribution in [0.5, 0.6) is 11.5 Å². The Morgan fingerprint density at radius 3 is 2.51 bits per heavy atom. The molecule has 2 atom stereocenters. The van der Waals surface area contributed by atoms with E-state index in [1.165, 1.54) is 0 Å². The lowest BCUT2D eigenvalue weighted by molar-refractivity contribution is -0.138. The Morgan fingerprint density at radius 2 is 1.74 bits per heavy atom. The second kappa shape index (κ2) is 13.1. The van der Waals surface area contributed by atoms with Crippen LogP contribution in [-0.4, -0.2) is 53.3 Å². The summed E-state index contributed by atoms with van der Waals surface area (Å²) in [5.74, 6) is -0.289. The first-order valence-electron chi connectivity index (χ1n) is 13.9. The number of urea groups is 2. The number of fused-ring (bicyclic) bond motifs is 1. The van der Waals surface area contributed by atoms with Crippen LogP contribution in [0.4, 0.5) is 21.0 Å². The Bertz CT molecular complexity index is 1510. The summed E-state index contributed by atoms with van der Waals surface area (Å²) in [6.07, 6.45) is 0.807. The van der Waals surface area contributed by atoms with Crippen LogP contribution in [0.15, 0.2) is 66.7 Å². The lowest BCUT2D eigenvalue weighted by Crippen LogP contribution is -2.54. The average molecular weight is 588 g/mol. The van der Waals surface area contributed by atoms with Crippen LogP contribution in [-0.2, 0) is 16.1 Å². The first-order chi connectivity index (χ1) is 20.7. The molecule has 0 spiro atoms. The van der Waals surface area contributed by atoms with E-state index in [4.69, 9.17) is 9.47 Å². The zero-order valence-electron chi connectivity index (χ0n) is 23.6. The van der Waals surface area contributed by atoms with Crippen LogP contribution in [0, 0.1) is 6.92 Å². The van der Waals surface area contributed by atoms with Gasteiger partial charge in [0.15, 0.2) is 11.5 Å². The number of likely N-dealkylation sites (tertiary alicyclic amines) is 1. The second-order valence-corrected chi connectivity index (χ2v) is 10.4. The number of benzene rings is 3. The standard InChI is InChI=1S/C31H33N5O7/c1-19-5-2-3-6-23(19)33-30(40)32-22-11-8-20(9-12-22)17-36-14-4-7-24(29(36)39)34-31(41)35-25(16-28(37)38)21-10-13-26-27(15-21)43-18-42-26/h2-3,5-6,8-13,15,24-25H,4,7,14,16-18H2,1H3,(H,37,38)(H2,32,33,40)(H2,34,35,41)/t24-,25-/m0/s1. The first-order valence-corrected chi connectivity index (χ1v) is 13.9. The number of nitrogens with zero attached hydrogens (tertiary/aromatic N) is 1. The molecule has 1 fully saturated rings. The van der Waals surface area contributed by atoms with Gasteiger partial charge in [0, 0.05) is 24.5 Å². The molecular weight excluding hydrogens is 554 g/mol. The van der Waals surface area contributed by atoms with Crippen molar-refractivity contribution in [3.05, 3.63) is 83.4 Å². The fraction of sp³-hybridized carbons (Fsp3) is 0.290. The number of aryl methyl sites for hydroxylation is 1. The van der Waals surface area contributed by atoms with E-state index in [1.807, 2.05) is 43.3 Å². The summed E-state index contributed by atoms with van der Waals surface area (Å²) >= 11 is 0. The fourth-order valence-corrected chi connectivity index (χ4v) is 5.06. The lowest BCUT2D eigenvalue weighted by Gasteiger charge is -2.33. The predicted octanol–water partition coefficient (Wildman–Crippen LogP) is 4.37. The first kappa shape index (κ1) is 29.2. The number of nitrogens with one attached hydrogen (secondary N) is 4. The summed E-state index contributed by atoms with van der Waals surface area (Å²) in [6.45, 7) is 2.86. The van der Waals surface area contributed by atoms with Crippen molar-refractivity contribution < 1.29 is 33.8 Å². The van der Waals surface area contributed by atoms with Gasteiger partial charge in [0.1, 0.15) is 6.04 Å². The number of carboxylic acids is 1. The molecule has 12 nitrogen and oxygen atoms in total. The Labute approximate surface area is 248 Å². The SMILES string of the molecule is Cc1ccccc1NC(=O)Nc1ccc(CN2CCC[C@H](NC(=O)N[C@@H](CC(=O)O)c3ccc4c(c3)OCO4)C2=O)cc1. The molecule has 2 aliphatic heterocycles. The molecule has 2 aliphatic rings. The van der Waals surface area contributed by atoms with Crippen LogP contribution >= 0.6 is 0 Å². The number of aliphatic carboxylic acids is 1. The topological polar surface area (TPSA) is 158 Å². The van der Waals surface area contributed by atoms with Crippen molar-refractivity contribution in [1.82, 2.24) is 15.5 Å². The third kappa shape index (κ3) is 7.53. The van der Waals surface area contributed by atoms with E-state index in [0.717, 1.165) is 16.8 Å². The normalized spacial score (nSPS) is 16.3. The molecule has 0 saturated carbocycles. The van der Waals surface area contributed by atoms with E-state index >= 15 is 0 Å². The van der Waals surface area contributed by atoms with Gasteiger partial charge in [0.05, 0.1) is 12.5 Å². The molecule has 224 valence electrons. The number of hydrogen-bond donors (Lipinski definition) is 5. The minimum atomic E-state index is -1.09. The summed E-state index contributed by atoms with van der Waals surface area (Å²) in [5, 5.41) is 20.4. The van der Waals surface area contributed by atoms with Crippen molar-refractivity contribution in [2.24, 2.45) is 0 Å². The van der Waals surface area contributed by atoms with E-state index < -0.39 is 24.1 Å². The maximum Gasteiger partial charge on any atom is 0.323 e. The fourth-order valence-electron chi connectivity index (χ4n) is 5.06. The van der Waals surface area contributed by atoms with E-state index in [9.17, 15) is 24.3 Å². The number of rotatable bonds is 9. The lowest BCUT2D eigenvalue weighted by atomic mass is 10.0. The smallest absolute Gasteiger partial charge is 0.323 e. The largest absolute Gasteiger partial charge is 0.481 e. The Balaban J connectivity index is 1.15. The zero-order valence-corrected chi connectivity index (χ0v) is 23.6. The Kier molecular flexibility index (Phi) is 8.94. The van der Waals surface area contributed by atoms with Crippen molar-refractivity contribution in [3.63, 3.8) is 0 Å². The molecule has 12 heteroatoms. The van der Waals surface area contributed by atoms with Gasteiger partial charge in [-0.3, -0.25) is 9.59 Å². The maximum absolute atomic E-state index is 13.2. The van der Waals surface area contributed by atoms with Crippen molar-refractivity contribution in [3.8, 4) is 11.5 Å². The highest BCUT2D eigenvalue weighted by molar-refractivity contribution is 6.00. The number of carboxylic acid groups (broad SMARTS) is 1. The summed E-state index contributed by atoms with van der Waals surface area (Å²) < 4.78 is 10.7. The summed E-state index contributed by atoms with van der Waals surface area (Å²) in [7, 11) is 0. The minimum absolute atomic E-state index is 0.0727. The van der Waals surface area contributed by atoms with Crippen molar-refractivity contribution >= 4 is 35.3 Å². The van der Waals surface area contributed by atoms with E-state index in [2.05, 4.69) is 21.3 Å². The van der Waals surface area contributed by atoms with Crippen molar-refractivity contribution in [2.75, 3.05) is 24.0 Å². The molecular formula is C31H33N5O7. The average Bonchev–Trinajstić information content (AvgIpc) is 3.45. The molecule has 3 aromatic carbocycles. The van der Waals surface area contributed by atoms with E-state index in [1.54, 1.807) is 35.2 Å².